The smallest absolute Gasteiger partial charge is 0.227 e. The van der Waals surface area contributed by atoms with Gasteiger partial charge < -0.3 is 19.2 Å². The molecule has 1 fully saturated rings. The van der Waals surface area contributed by atoms with Gasteiger partial charge in [0.2, 0.25) is 11.8 Å². The number of nitrogens with zero attached hydrogens (tertiary/aromatic N) is 1. The van der Waals surface area contributed by atoms with E-state index in [9.17, 15) is 4.79 Å². The van der Waals surface area contributed by atoms with Crippen LogP contribution < -0.4 is 14.8 Å². The fourth-order valence-electron chi connectivity index (χ4n) is 2.62. The van der Waals surface area contributed by atoms with E-state index in [1.807, 2.05) is 48.5 Å². The van der Waals surface area contributed by atoms with Gasteiger partial charge in [0.05, 0.1) is 7.11 Å². The van der Waals surface area contributed by atoms with Gasteiger partial charge in [-0.3, -0.25) is 4.79 Å². The number of rotatable bonds is 7. The molecule has 1 N–H and O–H groups in total. The Kier molecular flexibility index (Phi) is 4.78. The summed E-state index contributed by atoms with van der Waals surface area (Å²) in [5.41, 5.74) is 2.35. The Balaban J connectivity index is 1.33. The van der Waals surface area contributed by atoms with Crippen LogP contribution in [0.5, 0.6) is 11.5 Å². The molecule has 0 bridgehead atoms. The number of nitrogens with one attached hydrogen (secondary N) is 1. The van der Waals surface area contributed by atoms with Crippen molar-refractivity contribution in [2.45, 2.75) is 19.4 Å². The van der Waals surface area contributed by atoms with Crippen LogP contribution >= 0.6 is 0 Å². The highest BCUT2D eigenvalue weighted by molar-refractivity contribution is 5.94. The van der Waals surface area contributed by atoms with Crippen LogP contribution in [-0.2, 0) is 11.4 Å². The Labute approximate surface area is 157 Å². The van der Waals surface area contributed by atoms with Crippen molar-refractivity contribution in [2.75, 3.05) is 12.4 Å². The first-order valence-corrected chi connectivity index (χ1v) is 8.84. The van der Waals surface area contributed by atoms with Gasteiger partial charge in [0.25, 0.3) is 0 Å². The van der Waals surface area contributed by atoms with Crippen LogP contribution in [0.1, 0.15) is 18.5 Å². The van der Waals surface area contributed by atoms with Gasteiger partial charge in [-0.05, 0) is 61.4 Å². The summed E-state index contributed by atoms with van der Waals surface area (Å²) in [6.45, 7) is 0.299. The molecule has 2 aromatic carbocycles. The molecule has 0 unspecified atom stereocenters. The minimum atomic E-state index is 0.0947. The second-order valence-corrected chi connectivity index (χ2v) is 6.45. The number of oxazole rings is 1. The zero-order chi connectivity index (χ0) is 18.6. The largest absolute Gasteiger partial charge is 0.497 e. The number of methoxy groups -OCH3 is 1. The molecule has 1 aliphatic carbocycles. The zero-order valence-corrected chi connectivity index (χ0v) is 15.0. The zero-order valence-electron chi connectivity index (χ0n) is 15.0. The summed E-state index contributed by atoms with van der Waals surface area (Å²) in [7, 11) is 1.63. The summed E-state index contributed by atoms with van der Waals surface area (Å²) in [6.07, 6.45) is 3.57. The topological polar surface area (TPSA) is 73.6 Å². The van der Waals surface area contributed by atoms with Crippen molar-refractivity contribution in [1.29, 1.82) is 0 Å². The predicted molar refractivity (Wildman–Crippen MR) is 101 cm³/mol. The van der Waals surface area contributed by atoms with E-state index in [0.29, 0.717) is 23.9 Å². The molecule has 1 amide bonds. The standard InChI is InChI=1S/C21H20N2O4/c1-25-18-8-4-15(5-9-18)21-23-17(13-27-21)12-26-19-10-6-16(7-11-19)22-20(24)14-2-3-14/h4-11,13-14H,2-3,12H2,1H3,(H,22,24). The highest BCUT2D eigenvalue weighted by Gasteiger charge is 2.29. The van der Waals surface area contributed by atoms with Gasteiger partial charge >= 0.3 is 0 Å². The molecule has 0 radical (unpaired) electrons. The lowest BCUT2D eigenvalue weighted by Gasteiger charge is -2.07. The number of carbonyl (C=O) groups excluding carboxylic acids is 1. The molecule has 1 aliphatic rings. The maximum Gasteiger partial charge on any atom is 0.227 e. The van der Waals surface area contributed by atoms with Crippen molar-refractivity contribution in [3.8, 4) is 23.0 Å². The van der Waals surface area contributed by atoms with Crippen LogP contribution in [0.25, 0.3) is 11.5 Å². The van der Waals surface area contributed by atoms with Crippen molar-refractivity contribution in [2.24, 2.45) is 5.92 Å². The van der Waals surface area contributed by atoms with E-state index in [1.54, 1.807) is 13.4 Å². The summed E-state index contributed by atoms with van der Waals surface area (Å²) < 4.78 is 16.4. The van der Waals surface area contributed by atoms with Gasteiger partial charge in [0, 0.05) is 17.2 Å². The molecule has 3 aromatic rings. The first-order valence-electron chi connectivity index (χ1n) is 8.84. The molecule has 0 atom stereocenters. The highest BCUT2D eigenvalue weighted by Crippen LogP contribution is 2.30. The number of carbonyl (C=O) groups is 1. The van der Waals surface area contributed by atoms with E-state index in [4.69, 9.17) is 13.9 Å². The molecule has 138 valence electrons. The molecular weight excluding hydrogens is 344 g/mol. The number of anilines is 1. The Hall–Kier alpha value is -3.28. The number of benzene rings is 2. The van der Waals surface area contributed by atoms with Crippen LogP contribution in [0.15, 0.2) is 59.2 Å². The van der Waals surface area contributed by atoms with Crippen LogP contribution in [0, 0.1) is 5.92 Å². The third-order valence-electron chi connectivity index (χ3n) is 4.35. The Morgan fingerprint density at radius 3 is 2.48 bits per heavy atom. The van der Waals surface area contributed by atoms with Gasteiger partial charge in [-0.25, -0.2) is 4.98 Å². The lowest BCUT2D eigenvalue weighted by Crippen LogP contribution is -2.13. The summed E-state index contributed by atoms with van der Waals surface area (Å²) in [6, 6.07) is 14.8. The number of amides is 1. The maximum absolute atomic E-state index is 11.8. The quantitative estimate of drug-likeness (QED) is 0.677. The molecule has 1 saturated carbocycles. The SMILES string of the molecule is COc1ccc(-c2nc(COc3ccc(NC(=O)C4CC4)cc3)co2)cc1. The average molecular weight is 364 g/mol. The summed E-state index contributed by atoms with van der Waals surface area (Å²) in [4.78, 5) is 16.2. The second-order valence-electron chi connectivity index (χ2n) is 6.45. The summed E-state index contributed by atoms with van der Waals surface area (Å²) in [5, 5.41) is 2.90. The van der Waals surface area contributed by atoms with E-state index in [0.717, 1.165) is 29.8 Å². The van der Waals surface area contributed by atoms with Gasteiger partial charge in [-0.15, -0.1) is 0 Å². The fraction of sp³-hybridized carbons (Fsp3) is 0.238. The van der Waals surface area contributed by atoms with Crippen LogP contribution in [0.2, 0.25) is 0 Å². The van der Waals surface area contributed by atoms with Crippen LogP contribution in [0.3, 0.4) is 0 Å². The predicted octanol–water partition coefficient (Wildman–Crippen LogP) is 4.28. The monoisotopic (exact) mass is 364 g/mol. The molecule has 27 heavy (non-hydrogen) atoms. The Morgan fingerprint density at radius 1 is 1.11 bits per heavy atom. The number of ether oxygens (including phenoxy) is 2. The average Bonchev–Trinajstić information content (AvgIpc) is 3.46. The molecule has 6 nitrogen and oxygen atoms in total. The molecule has 4 rings (SSSR count). The van der Waals surface area contributed by atoms with Crippen molar-refractivity contribution < 1.29 is 18.7 Å². The van der Waals surface area contributed by atoms with E-state index in [2.05, 4.69) is 10.3 Å². The lowest BCUT2D eigenvalue weighted by molar-refractivity contribution is -0.117. The molecule has 0 saturated heterocycles. The first-order chi connectivity index (χ1) is 13.2. The van der Waals surface area contributed by atoms with E-state index >= 15 is 0 Å². The van der Waals surface area contributed by atoms with Crippen molar-refractivity contribution in [1.82, 2.24) is 4.98 Å². The van der Waals surface area contributed by atoms with Crippen molar-refractivity contribution in [3.63, 3.8) is 0 Å². The number of hydrogen-bond donors (Lipinski definition) is 1. The third-order valence-corrected chi connectivity index (χ3v) is 4.35. The van der Waals surface area contributed by atoms with Crippen molar-refractivity contribution >= 4 is 11.6 Å². The molecule has 0 aliphatic heterocycles. The van der Waals surface area contributed by atoms with Crippen LogP contribution in [0.4, 0.5) is 5.69 Å². The van der Waals surface area contributed by atoms with Gasteiger partial charge in [0.1, 0.15) is 30.1 Å². The molecule has 1 heterocycles. The summed E-state index contributed by atoms with van der Waals surface area (Å²) >= 11 is 0. The molecule has 0 spiro atoms. The van der Waals surface area contributed by atoms with Gasteiger partial charge in [0.15, 0.2) is 0 Å². The fourth-order valence-corrected chi connectivity index (χ4v) is 2.62. The van der Waals surface area contributed by atoms with E-state index in [-0.39, 0.29) is 11.8 Å². The highest BCUT2D eigenvalue weighted by atomic mass is 16.5. The molecule has 6 heteroatoms. The Bertz CT molecular complexity index is 912. The third kappa shape index (κ3) is 4.28. The van der Waals surface area contributed by atoms with Crippen LogP contribution in [-0.4, -0.2) is 18.0 Å². The maximum atomic E-state index is 11.8. The number of hydrogen-bond acceptors (Lipinski definition) is 5. The van der Waals surface area contributed by atoms with Crippen molar-refractivity contribution in [3.05, 3.63) is 60.5 Å². The lowest BCUT2D eigenvalue weighted by atomic mass is 10.2. The minimum absolute atomic E-state index is 0.0947. The first kappa shape index (κ1) is 17.1. The second kappa shape index (κ2) is 7.53. The van der Waals surface area contributed by atoms with Gasteiger partial charge in [-0.1, -0.05) is 0 Å². The van der Waals surface area contributed by atoms with E-state index < -0.39 is 0 Å². The normalized spacial score (nSPS) is 13.2. The minimum Gasteiger partial charge on any atom is -0.497 e. The van der Waals surface area contributed by atoms with E-state index in [1.165, 1.54) is 0 Å². The molecular formula is C21H20N2O4. The number of aromatic nitrogens is 1. The molecule has 1 aromatic heterocycles. The summed E-state index contributed by atoms with van der Waals surface area (Å²) in [5.74, 6) is 2.30. The van der Waals surface area contributed by atoms with Gasteiger partial charge in [-0.2, -0.15) is 0 Å². The Morgan fingerprint density at radius 2 is 1.81 bits per heavy atom.